The minimum atomic E-state index is -0.101. The maximum Gasteiger partial charge on any atom is 0.239 e. The third-order valence-electron chi connectivity index (χ3n) is 5.26. The van der Waals surface area contributed by atoms with E-state index in [0.29, 0.717) is 18.0 Å². The summed E-state index contributed by atoms with van der Waals surface area (Å²) >= 11 is 1.54. The molecule has 0 bridgehead atoms. The van der Waals surface area contributed by atoms with Crippen LogP contribution in [0.25, 0.3) is 16.0 Å². The number of aromatic nitrogens is 3. The van der Waals surface area contributed by atoms with Gasteiger partial charge in [-0.25, -0.2) is 4.68 Å². The van der Waals surface area contributed by atoms with Gasteiger partial charge in [0.25, 0.3) is 0 Å². The van der Waals surface area contributed by atoms with Crippen molar-refractivity contribution in [2.24, 2.45) is 0 Å². The Kier molecular flexibility index (Phi) is 6.50. The molecule has 0 spiro atoms. The number of hydrogen-bond acceptors (Lipinski definition) is 7. The quantitative estimate of drug-likeness (QED) is 0.426. The molecule has 4 rings (SSSR count). The first kappa shape index (κ1) is 22.6. The second-order valence-corrected chi connectivity index (χ2v) is 8.81. The number of benzene rings is 2. The second-order valence-electron chi connectivity index (χ2n) is 7.84. The lowest BCUT2D eigenvalue weighted by molar-refractivity contribution is -0.119. The maximum absolute atomic E-state index is 12.6. The van der Waals surface area contributed by atoms with Gasteiger partial charge in [0.1, 0.15) is 11.5 Å². The van der Waals surface area contributed by atoms with Crippen LogP contribution >= 0.6 is 11.3 Å². The Bertz CT molecular complexity index is 1260. The van der Waals surface area contributed by atoms with Crippen LogP contribution in [0.4, 0.5) is 5.13 Å². The zero-order valence-corrected chi connectivity index (χ0v) is 20.2. The number of nitrogens with zero attached hydrogens (tertiary/aromatic N) is 4. The molecule has 2 aromatic carbocycles. The fraction of sp³-hybridized carbons (Fsp3) is 0.292. The van der Waals surface area contributed by atoms with E-state index in [1.165, 1.54) is 16.9 Å². The van der Waals surface area contributed by atoms with E-state index in [1.54, 1.807) is 20.3 Å². The molecule has 0 aliphatic carbocycles. The molecule has 1 amide bonds. The highest BCUT2D eigenvalue weighted by Crippen LogP contribution is 2.32. The summed E-state index contributed by atoms with van der Waals surface area (Å²) in [5.74, 6) is 1.27. The number of aryl methyl sites for hydroxylation is 2. The smallest absolute Gasteiger partial charge is 0.239 e. The van der Waals surface area contributed by atoms with Gasteiger partial charge in [0.2, 0.25) is 5.91 Å². The molecule has 0 unspecified atom stereocenters. The van der Waals surface area contributed by atoms with Crippen LogP contribution in [0.1, 0.15) is 16.8 Å². The second kappa shape index (κ2) is 9.50. The highest BCUT2D eigenvalue weighted by atomic mass is 32.1. The number of fused-ring (bicyclic) bond motifs is 1. The molecular formula is C24H27N5O3S. The zero-order chi connectivity index (χ0) is 23.5. The summed E-state index contributed by atoms with van der Waals surface area (Å²) < 4.78 is 13.5. The maximum atomic E-state index is 12.6. The highest BCUT2D eigenvalue weighted by molar-refractivity contribution is 7.22. The number of amides is 1. The summed E-state index contributed by atoms with van der Waals surface area (Å²) in [6.07, 6.45) is 0. The van der Waals surface area contributed by atoms with Crippen LogP contribution in [-0.4, -0.2) is 48.5 Å². The van der Waals surface area contributed by atoms with Crippen molar-refractivity contribution in [1.82, 2.24) is 20.1 Å². The van der Waals surface area contributed by atoms with Crippen LogP contribution in [0.2, 0.25) is 0 Å². The number of carbonyl (C=O) groups excluding carboxylic acids is 1. The van der Waals surface area contributed by atoms with Gasteiger partial charge in [-0.2, -0.15) is 10.1 Å². The van der Waals surface area contributed by atoms with Crippen molar-refractivity contribution < 1.29 is 14.3 Å². The number of nitrogens with one attached hydrogen (secondary N) is 1. The minimum Gasteiger partial charge on any atom is -0.497 e. The Morgan fingerprint density at radius 3 is 2.39 bits per heavy atom. The van der Waals surface area contributed by atoms with Crippen LogP contribution in [0.15, 0.2) is 42.5 Å². The average molecular weight is 466 g/mol. The fourth-order valence-electron chi connectivity index (χ4n) is 3.46. The number of ether oxygens (including phenoxy) is 2. The van der Waals surface area contributed by atoms with Crippen molar-refractivity contribution in [2.75, 3.05) is 32.7 Å². The lowest BCUT2D eigenvalue weighted by atomic mass is 10.2. The largest absolute Gasteiger partial charge is 0.497 e. The van der Waals surface area contributed by atoms with Gasteiger partial charge in [-0.15, -0.1) is 0 Å². The van der Waals surface area contributed by atoms with Crippen molar-refractivity contribution >= 4 is 32.7 Å². The standard InChI is InChI=1S/C24H27N5O3S/c1-15-6-8-18(9-7-15)29-23-22(16(2)27-29)33-24(26-23)28(3)14-21(30)25-13-17-10-19(31-4)12-20(11-17)32-5/h6-12H,13-14H2,1-5H3,(H,25,30). The molecule has 0 saturated carbocycles. The molecule has 0 aliphatic heterocycles. The third kappa shape index (κ3) is 4.93. The Hall–Kier alpha value is -3.59. The first-order valence-electron chi connectivity index (χ1n) is 10.5. The molecule has 4 aromatic rings. The van der Waals surface area contributed by atoms with E-state index in [0.717, 1.165) is 32.4 Å². The van der Waals surface area contributed by atoms with Crippen molar-refractivity contribution in [3.05, 3.63) is 59.3 Å². The molecule has 0 fully saturated rings. The van der Waals surface area contributed by atoms with E-state index in [9.17, 15) is 4.79 Å². The average Bonchev–Trinajstić information content (AvgIpc) is 3.38. The van der Waals surface area contributed by atoms with Gasteiger partial charge in [0, 0.05) is 19.7 Å². The number of rotatable bonds is 8. The van der Waals surface area contributed by atoms with E-state index in [4.69, 9.17) is 14.5 Å². The molecule has 2 heterocycles. The number of likely N-dealkylation sites (N-methyl/N-ethyl adjacent to an activating group) is 1. The monoisotopic (exact) mass is 465 g/mol. The number of methoxy groups -OCH3 is 2. The number of hydrogen-bond donors (Lipinski definition) is 1. The normalized spacial score (nSPS) is 10.9. The molecule has 0 saturated heterocycles. The molecule has 0 aliphatic rings. The molecule has 9 heteroatoms. The molecule has 1 N–H and O–H groups in total. The molecule has 33 heavy (non-hydrogen) atoms. The lowest BCUT2D eigenvalue weighted by Crippen LogP contribution is -2.34. The van der Waals surface area contributed by atoms with Gasteiger partial charge in [0.05, 0.1) is 36.8 Å². The fourth-order valence-corrected chi connectivity index (χ4v) is 4.41. The predicted molar refractivity (Wildman–Crippen MR) is 131 cm³/mol. The summed E-state index contributed by atoms with van der Waals surface area (Å²) in [5.41, 5.74) is 4.77. The van der Waals surface area contributed by atoms with Crippen molar-refractivity contribution in [1.29, 1.82) is 0 Å². The topological polar surface area (TPSA) is 81.5 Å². The molecule has 2 aromatic heterocycles. The zero-order valence-electron chi connectivity index (χ0n) is 19.4. The van der Waals surface area contributed by atoms with Crippen LogP contribution in [-0.2, 0) is 11.3 Å². The lowest BCUT2D eigenvalue weighted by Gasteiger charge is -2.15. The molecule has 8 nitrogen and oxygen atoms in total. The van der Waals surface area contributed by atoms with Crippen LogP contribution in [0.5, 0.6) is 11.5 Å². The summed E-state index contributed by atoms with van der Waals surface area (Å²) in [4.78, 5) is 19.2. The van der Waals surface area contributed by atoms with E-state index in [-0.39, 0.29) is 12.5 Å². The number of anilines is 1. The van der Waals surface area contributed by atoms with E-state index >= 15 is 0 Å². The third-order valence-corrected chi connectivity index (χ3v) is 6.53. The summed E-state index contributed by atoms with van der Waals surface area (Å²) in [6, 6.07) is 13.7. The summed E-state index contributed by atoms with van der Waals surface area (Å²) in [6.45, 7) is 4.60. The Labute approximate surface area is 196 Å². The number of carbonyl (C=O) groups is 1. The van der Waals surface area contributed by atoms with Gasteiger partial charge >= 0.3 is 0 Å². The molecular weight excluding hydrogens is 438 g/mol. The van der Waals surface area contributed by atoms with Crippen molar-refractivity contribution in [2.45, 2.75) is 20.4 Å². The Morgan fingerprint density at radius 1 is 1.09 bits per heavy atom. The van der Waals surface area contributed by atoms with Crippen molar-refractivity contribution in [3.63, 3.8) is 0 Å². The SMILES string of the molecule is COc1cc(CNC(=O)CN(C)c2nc3c(s2)c(C)nn3-c2ccc(C)cc2)cc(OC)c1. The van der Waals surface area contributed by atoms with Crippen LogP contribution in [0.3, 0.4) is 0 Å². The van der Waals surface area contributed by atoms with Gasteiger partial charge in [-0.1, -0.05) is 29.0 Å². The Balaban J connectivity index is 1.45. The minimum absolute atomic E-state index is 0.101. The molecule has 0 atom stereocenters. The van der Waals surface area contributed by atoms with Gasteiger partial charge < -0.3 is 19.7 Å². The summed E-state index contributed by atoms with van der Waals surface area (Å²) in [5, 5.41) is 8.37. The molecule has 172 valence electrons. The van der Waals surface area contributed by atoms with E-state index in [2.05, 4.69) is 29.5 Å². The van der Waals surface area contributed by atoms with Gasteiger partial charge in [-0.05, 0) is 43.7 Å². The summed E-state index contributed by atoms with van der Waals surface area (Å²) in [7, 11) is 5.07. The van der Waals surface area contributed by atoms with Crippen molar-refractivity contribution in [3.8, 4) is 17.2 Å². The van der Waals surface area contributed by atoms with E-state index < -0.39 is 0 Å². The van der Waals surface area contributed by atoms with Crippen LogP contribution < -0.4 is 19.7 Å². The van der Waals surface area contributed by atoms with Gasteiger partial charge in [-0.3, -0.25) is 4.79 Å². The molecule has 0 radical (unpaired) electrons. The highest BCUT2D eigenvalue weighted by Gasteiger charge is 2.18. The first-order chi connectivity index (χ1) is 15.9. The first-order valence-corrected chi connectivity index (χ1v) is 11.3. The predicted octanol–water partition coefficient (Wildman–Crippen LogP) is 3.87. The Morgan fingerprint density at radius 2 is 1.76 bits per heavy atom. The van der Waals surface area contributed by atoms with Gasteiger partial charge in [0.15, 0.2) is 10.8 Å². The van der Waals surface area contributed by atoms with E-state index in [1.807, 2.05) is 47.8 Å². The van der Waals surface area contributed by atoms with Crippen LogP contribution in [0, 0.1) is 13.8 Å². The number of thiazole rings is 1.